The molecule has 0 saturated heterocycles. The fraction of sp³-hybridized carbons (Fsp3) is 0.571. The molecule has 0 N–H and O–H groups in total. The molecule has 5 heteroatoms. The van der Waals surface area contributed by atoms with Crippen molar-refractivity contribution in [1.82, 2.24) is 0 Å². The van der Waals surface area contributed by atoms with Crippen LogP contribution in [0.3, 0.4) is 0 Å². The quantitative estimate of drug-likeness (QED) is 0.540. The number of hydrogen-bond acceptors (Lipinski definition) is 5. The zero-order chi connectivity index (χ0) is 9.56. The average Bonchev–Trinajstić information content (AvgIpc) is 1.97. The predicted octanol–water partition coefficient (Wildman–Crippen LogP) is -0.409. The Morgan fingerprint density at radius 3 is 2.25 bits per heavy atom. The second kappa shape index (κ2) is 5.29. The van der Waals surface area contributed by atoms with Crippen molar-refractivity contribution in [3.63, 3.8) is 0 Å². The standard InChI is InChI=1S/C7H9O5/c1-5(9)11-4-7(3-8)12-6(2)10/h7H,4H2,1-2H3. The van der Waals surface area contributed by atoms with Crippen LogP contribution in [0.4, 0.5) is 0 Å². The molecule has 1 unspecified atom stereocenters. The molecule has 0 bridgehead atoms. The largest absolute Gasteiger partial charge is 0.461 e. The van der Waals surface area contributed by atoms with Gasteiger partial charge in [0.1, 0.15) is 6.61 Å². The van der Waals surface area contributed by atoms with Gasteiger partial charge in [-0.15, -0.1) is 0 Å². The van der Waals surface area contributed by atoms with Gasteiger partial charge >= 0.3 is 11.9 Å². The highest BCUT2D eigenvalue weighted by Crippen LogP contribution is 1.90. The molecule has 0 amide bonds. The molecular formula is C7H9O5. The van der Waals surface area contributed by atoms with Gasteiger partial charge in [-0.05, 0) is 0 Å². The first-order valence-electron chi connectivity index (χ1n) is 3.24. The number of hydrogen-bond donors (Lipinski definition) is 0. The van der Waals surface area contributed by atoms with E-state index < -0.39 is 18.0 Å². The lowest BCUT2D eigenvalue weighted by Gasteiger charge is -2.08. The number of esters is 2. The van der Waals surface area contributed by atoms with Crippen molar-refractivity contribution >= 4 is 18.2 Å². The van der Waals surface area contributed by atoms with Crippen LogP contribution in [0, 0.1) is 0 Å². The summed E-state index contributed by atoms with van der Waals surface area (Å²) in [6.07, 6.45) is 0.299. The first kappa shape index (κ1) is 10.6. The zero-order valence-electron chi connectivity index (χ0n) is 6.83. The van der Waals surface area contributed by atoms with Crippen LogP contribution >= 0.6 is 0 Å². The lowest BCUT2D eigenvalue weighted by Crippen LogP contribution is -2.24. The summed E-state index contributed by atoms with van der Waals surface area (Å²) in [5, 5.41) is 0. The van der Waals surface area contributed by atoms with Crippen molar-refractivity contribution < 1.29 is 23.9 Å². The Labute approximate surface area is 69.6 Å². The summed E-state index contributed by atoms with van der Waals surface area (Å²) in [7, 11) is 0. The molecule has 1 radical (unpaired) electrons. The van der Waals surface area contributed by atoms with E-state index in [1.807, 2.05) is 0 Å². The summed E-state index contributed by atoms with van der Waals surface area (Å²) in [6, 6.07) is 0. The van der Waals surface area contributed by atoms with Crippen LogP contribution < -0.4 is 0 Å². The van der Waals surface area contributed by atoms with Gasteiger partial charge in [0.15, 0.2) is 0 Å². The van der Waals surface area contributed by atoms with Crippen LogP contribution in [0.2, 0.25) is 0 Å². The zero-order valence-corrected chi connectivity index (χ0v) is 6.83. The van der Waals surface area contributed by atoms with Gasteiger partial charge in [-0.3, -0.25) is 14.4 Å². The monoisotopic (exact) mass is 173 g/mol. The maximum Gasteiger partial charge on any atom is 0.303 e. The van der Waals surface area contributed by atoms with E-state index in [2.05, 4.69) is 9.47 Å². The third-order valence-electron chi connectivity index (χ3n) is 0.878. The highest BCUT2D eigenvalue weighted by molar-refractivity contribution is 5.71. The molecule has 12 heavy (non-hydrogen) atoms. The van der Waals surface area contributed by atoms with Crippen LogP contribution in [-0.2, 0) is 23.9 Å². The lowest BCUT2D eigenvalue weighted by atomic mass is 10.4. The van der Waals surface area contributed by atoms with Gasteiger partial charge in [0.25, 0.3) is 0 Å². The fourth-order valence-corrected chi connectivity index (χ4v) is 0.485. The summed E-state index contributed by atoms with van der Waals surface area (Å²) in [6.45, 7) is 2.06. The minimum atomic E-state index is -1.12. The Hall–Kier alpha value is -1.39. The van der Waals surface area contributed by atoms with Crippen molar-refractivity contribution in [2.45, 2.75) is 20.0 Å². The predicted molar refractivity (Wildman–Crippen MR) is 37.9 cm³/mol. The smallest absolute Gasteiger partial charge is 0.303 e. The molecule has 0 aromatic heterocycles. The SMILES string of the molecule is CC(=O)OCC([C]=O)OC(C)=O. The molecule has 5 nitrogen and oxygen atoms in total. The molecular weight excluding hydrogens is 164 g/mol. The van der Waals surface area contributed by atoms with Crippen molar-refractivity contribution in [3.05, 3.63) is 0 Å². The molecule has 0 aromatic carbocycles. The molecule has 0 spiro atoms. The molecule has 0 fully saturated rings. The summed E-state index contributed by atoms with van der Waals surface area (Å²) in [4.78, 5) is 30.6. The summed E-state index contributed by atoms with van der Waals surface area (Å²) >= 11 is 0. The van der Waals surface area contributed by atoms with Crippen LogP contribution in [0.1, 0.15) is 13.8 Å². The Kier molecular flexibility index (Phi) is 4.67. The van der Waals surface area contributed by atoms with Crippen molar-refractivity contribution in [2.24, 2.45) is 0 Å². The molecule has 0 saturated carbocycles. The average molecular weight is 173 g/mol. The minimum absolute atomic E-state index is 0.279. The molecule has 67 valence electrons. The number of ether oxygens (including phenoxy) is 2. The number of rotatable bonds is 4. The second-order valence-corrected chi connectivity index (χ2v) is 2.02. The normalized spacial score (nSPS) is 11.5. The van der Waals surface area contributed by atoms with E-state index >= 15 is 0 Å². The first-order chi connectivity index (χ1) is 5.56. The van der Waals surface area contributed by atoms with Crippen LogP contribution in [0.5, 0.6) is 0 Å². The van der Waals surface area contributed by atoms with E-state index in [0.717, 1.165) is 6.92 Å². The van der Waals surface area contributed by atoms with Gasteiger partial charge < -0.3 is 9.47 Å². The van der Waals surface area contributed by atoms with Crippen LogP contribution in [0.15, 0.2) is 0 Å². The number of carbonyl (C=O) groups is 2. The highest BCUT2D eigenvalue weighted by Gasteiger charge is 2.12. The molecule has 1 atom stereocenters. The second-order valence-electron chi connectivity index (χ2n) is 2.02. The maximum absolute atomic E-state index is 10.3. The summed E-state index contributed by atoms with van der Waals surface area (Å²) in [5.41, 5.74) is 0. The molecule has 0 rings (SSSR count). The van der Waals surface area contributed by atoms with Gasteiger partial charge in [-0.25, -0.2) is 0 Å². The van der Waals surface area contributed by atoms with Crippen LogP contribution in [-0.4, -0.2) is 30.9 Å². The molecule has 0 aliphatic heterocycles. The summed E-state index contributed by atoms with van der Waals surface area (Å²) < 4.78 is 8.83. The molecule has 0 aliphatic carbocycles. The molecule has 0 aromatic rings. The van der Waals surface area contributed by atoms with Crippen LogP contribution in [0.25, 0.3) is 0 Å². The van der Waals surface area contributed by atoms with Crippen molar-refractivity contribution in [3.8, 4) is 0 Å². The molecule has 0 aliphatic rings. The van der Waals surface area contributed by atoms with Crippen molar-refractivity contribution in [1.29, 1.82) is 0 Å². The van der Waals surface area contributed by atoms with E-state index in [9.17, 15) is 14.4 Å². The molecule has 0 heterocycles. The van der Waals surface area contributed by atoms with Gasteiger partial charge in [0.2, 0.25) is 12.4 Å². The summed E-state index contributed by atoms with van der Waals surface area (Å²) in [5.74, 6) is -1.15. The minimum Gasteiger partial charge on any atom is -0.461 e. The first-order valence-corrected chi connectivity index (χ1v) is 3.24. The van der Waals surface area contributed by atoms with Gasteiger partial charge in [0.05, 0.1) is 0 Å². The lowest BCUT2D eigenvalue weighted by molar-refractivity contribution is -0.152. The van der Waals surface area contributed by atoms with E-state index in [1.165, 1.54) is 13.2 Å². The number of carbonyl (C=O) groups excluding carboxylic acids is 3. The Bertz CT molecular complexity index is 186. The van der Waals surface area contributed by atoms with E-state index in [-0.39, 0.29) is 6.61 Å². The third kappa shape index (κ3) is 5.40. The Morgan fingerprint density at radius 2 is 1.92 bits per heavy atom. The van der Waals surface area contributed by atoms with Gasteiger partial charge in [-0.1, -0.05) is 0 Å². The maximum atomic E-state index is 10.3. The third-order valence-corrected chi connectivity index (χ3v) is 0.878. The Balaban J connectivity index is 3.75. The van der Waals surface area contributed by atoms with Gasteiger partial charge in [-0.2, -0.15) is 0 Å². The van der Waals surface area contributed by atoms with E-state index in [1.54, 1.807) is 0 Å². The van der Waals surface area contributed by atoms with Gasteiger partial charge in [0, 0.05) is 13.8 Å². The topological polar surface area (TPSA) is 69.7 Å². The van der Waals surface area contributed by atoms with E-state index in [4.69, 9.17) is 0 Å². The Morgan fingerprint density at radius 1 is 1.33 bits per heavy atom. The van der Waals surface area contributed by atoms with Crippen molar-refractivity contribution in [2.75, 3.05) is 6.61 Å². The highest BCUT2D eigenvalue weighted by atomic mass is 16.6. The fourth-order valence-electron chi connectivity index (χ4n) is 0.485. The van der Waals surface area contributed by atoms with E-state index in [0.29, 0.717) is 0 Å².